The number of hydrogen-bond donors (Lipinski definition) is 2. The number of amides is 2. The molecule has 1 aromatic heterocycles. The van der Waals surface area contributed by atoms with Crippen LogP contribution in [0.25, 0.3) is 0 Å². The maximum absolute atomic E-state index is 11.7. The SMILES string of the molecule is C=C[C@@H]1OCCC[C@H]1NC(=O)Nc1nc(C)no1. The summed E-state index contributed by atoms with van der Waals surface area (Å²) in [4.78, 5) is 15.6. The average molecular weight is 252 g/mol. The van der Waals surface area contributed by atoms with Crippen LogP contribution in [0.2, 0.25) is 0 Å². The van der Waals surface area contributed by atoms with E-state index in [0.29, 0.717) is 12.4 Å². The molecule has 0 aromatic carbocycles. The fourth-order valence-corrected chi connectivity index (χ4v) is 1.84. The van der Waals surface area contributed by atoms with Gasteiger partial charge in [-0.25, -0.2) is 4.79 Å². The van der Waals surface area contributed by atoms with Gasteiger partial charge in [0.1, 0.15) is 0 Å². The van der Waals surface area contributed by atoms with E-state index in [1.807, 2.05) is 0 Å². The van der Waals surface area contributed by atoms with Crippen LogP contribution in [0.15, 0.2) is 17.2 Å². The number of nitrogens with one attached hydrogen (secondary N) is 2. The highest BCUT2D eigenvalue weighted by Gasteiger charge is 2.25. The lowest BCUT2D eigenvalue weighted by Gasteiger charge is -2.29. The van der Waals surface area contributed by atoms with Crippen LogP contribution in [0.3, 0.4) is 0 Å². The van der Waals surface area contributed by atoms with Crippen LogP contribution in [0, 0.1) is 6.92 Å². The number of urea groups is 1. The molecule has 1 fully saturated rings. The van der Waals surface area contributed by atoms with Gasteiger partial charge in [-0.15, -0.1) is 6.58 Å². The van der Waals surface area contributed by atoms with Crippen LogP contribution in [0.1, 0.15) is 18.7 Å². The zero-order valence-electron chi connectivity index (χ0n) is 10.2. The van der Waals surface area contributed by atoms with Gasteiger partial charge in [0.2, 0.25) is 0 Å². The number of hydrogen-bond acceptors (Lipinski definition) is 5. The molecule has 2 N–H and O–H groups in total. The van der Waals surface area contributed by atoms with Gasteiger partial charge in [-0.1, -0.05) is 11.2 Å². The van der Waals surface area contributed by atoms with E-state index in [9.17, 15) is 4.79 Å². The minimum Gasteiger partial charge on any atom is -0.372 e. The topological polar surface area (TPSA) is 89.3 Å². The molecular weight excluding hydrogens is 236 g/mol. The first-order valence-electron chi connectivity index (χ1n) is 5.81. The number of aryl methyl sites for hydroxylation is 1. The van der Waals surface area contributed by atoms with Gasteiger partial charge in [-0.05, 0) is 19.8 Å². The lowest BCUT2D eigenvalue weighted by molar-refractivity contribution is 0.0245. The van der Waals surface area contributed by atoms with Gasteiger partial charge in [0.25, 0.3) is 0 Å². The molecular formula is C11H16N4O3. The Kier molecular flexibility index (Phi) is 3.93. The Morgan fingerprint density at radius 1 is 1.61 bits per heavy atom. The van der Waals surface area contributed by atoms with Crippen molar-refractivity contribution in [2.75, 3.05) is 11.9 Å². The molecule has 1 saturated heterocycles. The molecule has 0 unspecified atom stereocenters. The van der Waals surface area contributed by atoms with Crippen molar-refractivity contribution in [1.29, 1.82) is 0 Å². The summed E-state index contributed by atoms with van der Waals surface area (Å²) in [5.74, 6) is 0.468. The summed E-state index contributed by atoms with van der Waals surface area (Å²) in [6, 6.07) is -0.391. The quantitative estimate of drug-likeness (QED) is 0.790. The maximum atomic E-state index is 11.7. The molecule has 2 rings (SSSR count). The molecule has 0 aliphatic carbocycles. The molecule has 0 saturated carbocycles. The molecule has 18 heavy (non-hydrogen) atoms. The van der Waals surface area contributed by atoms with Gasteiger partial charge in [0.05, 0.1) is 12.1 Å². The highest BCUT2D eigenvalue weighted by atomic mass is 16.5. The molecule has 1 aromatic rings. The van der Waals surface area contributed by atoms with Gasteiger partial charge in [-0.3, -0.25) is 5.32 Å². The molecule has 7 nitrogen and oxygen atoms in total. The number of carbonyl (C=O) groups excluding carboxylic acids is 1. The summed E-state index contributed by atoms with van der Waals surface area (Å²) in [7, 11) is 0. The number of ether oxygens (including phenoxy) is 1. The minimum absolute atomic E-state index is 0.0804. The predicted molar refractivity (Wildman–Crippen MR) is 64.1 cm³/mol. The summed E-state index contributed by atoms with van der Waals surface area (Å²) in [5.41, 5.74) is 0. The smallest absolute Gasteiger partial charge is 0.329 e. The van der Waals surface area contributed by atoms with Crippen molar-refractivity contribution >= 4 is 12.0 Å². The lowest BCUT2D eigenvalue weighted by atomic mass is 10.0. The van der Waals surface area contributed by atoms with Crippen molar-refractivity contribution in [2.45, 2.75) is 31.9 Å². The van der Waals surface area contributed by atoms with E-state index in [4.69, 9.17) is 9.26 Å². The number of carbonyl (C=O) groups is 1. The average Bonchev–Trinajstić information content (AvgIpc) is 2.75. The van der Waals surface area contributed by atoms with Crippen LogP contribution in [0.4, 0.5) is 10.8 Å². The lowest BCUT2D eigenvalue weighted by Crippen LogP contribution is -2.47. The Balaban J connectivity index is 1.88. The van der Waals surface area contributed by atoms with E-state index >= 15 is 0 Å². The molecule has 0 radical (unpaired) electrons. The van der Waals surface area contributed by atoms with Crippen LogP contribution >= 0.6 is 0 Å². The van der Waals surface area contributed by atoms with Gasteiger partial charge in [0.15, 0.2) is 5.82 Å². The van der Waals surface area contributed by atoms with Crippen LogP contribution < -0.4 is 10.6 Å². The third kappa shape index (κ3) is 3.07. The fraction of sp³-hybridized carbons (Fsp3) is 0.545. The summed E-state index contributed by atoms with van der Waals surface area (Å²) < 4.78 is 10.3. The second kappa shape index (κ2) is 5.63. The van der Waals surface area contributed by atoms with Gasteiger partial charge < -0.3 is 14.6 Å². The van der Waals surface area contributed by atoms with Crippen LogP contribution in [0.5, 0.6) is 0 Å². The Bertz CT molecular complexity index is 432. The molecule has 0 spiro atoms. The first kappa shape index (κ1) is 12.6. The number of nitrogens with zero attached hydrogens (tertiary/aromatic N) is 2. The maximum Gasteiger partial charge on any atom is 0.329 e. The van der Waals surface area contributed by atoms with Crippen molar-refractivity contribution < 1.29 is 14.1 Å². The molecule has 98 valence electrons. The first-order valence-corrected chi connectivity index (χ1v) is 5.81. The Hall–Kier alpha value is -1.89. The summed E-state index contributed by atoms with van der Waals surface area (Å²) in [6.07, 6.45) is 3.30. The predicted octanol–water partition coefficient (Wildman–Crippen LogP) is 1.23. The van der Waals surface area contributed by atoms with Crippen LogP contribution in [-0.2, 0) is 4.74 Å². The van der Waals surface area contributed by atoms with Gasteiger partial charge >= 0.3 is 12.0 Å². The van der Waals surface area contributed by atoms with E-state index in [1.165, 1.54) is 0 Å². The molecule has 7 heteroatoms. The molecule has 2 atom stereocenters. The second-order valence-electron chi connectivity index (χ2n) is 4.07. The van der Waals surface area contributed by atoms with Crippen molar-refractivity contribution in [1.82, 2.24) is 15.5 Å². The molecule has 1 aliphatic rings. The number of anilines is 1. The largest absolute Gasteiger partial charge is 0.372 e. The second-order valence-corrected chi connectivity index (χ2v) is 4.07. The number of rotatable bonds is 3. The summed E-state index contributed by atoms with van der Waals surface area (Å²) in [5, 5.41) is 8.86. The van der Waals surface area contributed by atoms with Crippen LogP contribution in [-0.4, -0.2) is 34.9 Å². The molecule has 2 amide bonds. The van der Waals surface area contributed by atoms with Crippen molar-refractivity contribution in [3.05, 3.63) is 18.5 Å². The van der Waals surface area contributed by atoms with Gasteiger partial charge in [0, 0.05) is 6.61 Å². The molecule has 0 bridgehead atoms. The van der Waals surface area contributed by atoms with E-state index in [2.05, 4.69) is 27.4 Å². The van der Waals surface area contributed by atoms with Gasteiger partial charge in [-0.2, -0.15) is 4.98 Å². The minimum atomic E-state index is -0.388. The van der Waals surface area contributed by atoms with Crippen molar-refractivity contribution in [3.63, 3.8) is 0 Å². The highest BCUT2D eigenvalue weighted by Crippen LogP contribution is 2.14. The fourth-order valence-electron chi connectivity index (χ4n) is 1.84. The first-order chi connectivity index (χ1) is 8.69. The van der Waals surface area contributed by atoms with E-state index < -0.39 is 0 Å². The zero-order valence-corrected chi connectivity index (χ0v) is 10.2. The van der Waals surface area contributed by atoms with E-state index in [-0.39, 0.29) is 24.2 Å². The Morgan fingerprint density at radius 3 is 3.11 bits per heavy atom. The third-order valence-corrected chi connectivity index (χ3v) is 2.66. The Morgan fingerprint density at radius 2 is 2.44 bits per heavy atom. The monoisotopic (exact) mass is 252 g/mol. The number of aromatic nitrogens is 2. The molecule has 2 heterocycles. The normalized spacial score (nSPS) is 23.4. The Labute approximate surface area is 105 Å². The van der Waals surface area contributed by atoms with Crippen molar-refractivity contribution in [2.24, 2.45) is 0 Å². The summed E-state index contributed by atoms with van der Waals surface area (Å²) >= 11 is 0. The van der Waals surface area contributed by atoms with E-state index in [1.54, 1.807) is 13.0 Å². The standard InChI is InChI=1S/C11H16N4O3/c1-3-9-8(5-4-6-17-9)13-10(16)14-11-12-7(2)15-18-11/h3,8-9H,1,4-6H2,2H3,(H2,12,13,14,15,16)/t8-,9+/m1/s1. The highest BCUT2D eigenvalue weighted by molar-refractivity contribution is 5.87. The summed E-state index contributed by atoms with van der Waals surface area (Å²) in [6.45, 7) is 6.06. The van der Waals surface area contributed by atoms with E-state index in [0.717, 1.165) is 12.8 Å². The zero-order chi connectivity index (χ0) is 13.0. The molecule has 1 aliphatic heterocycles. The van der Waals surface area contributed by atoms with Crippen molar-refractivity contribution in [3.8, 4) is 0 Å². The third-order valence-electron chi connectivity index (χ3n) is 2.66.